The van der Waals surface area contributed by atoms with Crippen molar-refractivity contribution in [3.8, 4) is 0 Å². The summed E-state index contributed by atoms with van der Waals surface area (Å²) in [4.78, 5) is 10.3. The monoisotopic (exact) mass is 247 g/mol. The summed E-state index contributed by atoms with van der Waals surface area (Å²) in [5.41, 5.74) is 0.617. The molecule has 0 aliphatic carbocycles. The minimum atomic E-state index is -0.297. The minimum absolute atomic E-state index is 0.251. The highest BCUT2D eigenvalue weighted by Crippen LogP contribution is 2.27. The summed E-state index contributed by atoms with van der Waals surface area (Å²) in [5, 5.41) is 9.98. The van der Waals surface area contributed by atoms with Crippen LogP contribution in [0.4, 0.5) is 10.2 Å². The normalized spacial score (nSPS) is 17.3. The molecule has 0 atom stereocenters. The fourth-order valence-electron chi connectivity index (χ4n) is 2.37. The highest BCUT2D eigenvalue weighted by atomic mass is 19.1. The minimum Gasteiger partial charge on any atom is -0.393 e. The smallest absolute Gasteiger partial charge is 0.142 e. The zero-order chi connectivity index (χ0) is 12.5. The third-order valence-corrected chi connectivity index (χ3v) is 3.36. The van der Waals surface area contributed by atoms with Gasteiger partial charge in [0, 0.05) is 13.1 Å². The van der Waals surface area contributed by atoms with E-state index in [1.165, 1.54) is 12.4 Å². The molecule has 3 rings (SSSR count). The van der Waals surface area contributed by atoms with Gasteiger partial charge in [-0.25, -0.2) is 14.4 Å². The van der Waals surface area contributed by atoms with Crippen molar-refractivity contribution in [3.05, 3.63) is 30.3 Å². The van der Waals surface area contributed by atoms with Crippen LogP contribution in [0, 0.1) is 5.82 Å². The van der Waals surface area contributed by atoms with Crippen molar-refractivity contribution in [2.24, 2.45) is 0 Å². The Morgan fingerprint density at radius 2 is 2.00 bits per heavy atom. The summed E-state index contributed by atoms with van der Waals surface area (Å²) in [5.74, 6) is 0.333. The first-order valence-corrected chi connectivity index (χ1v) is 6.08. The highest BCUT2D eigenvalue weighted by Gasteiger charge is 2.21. The number of anilines is 1. The molecular weight excluding hydrogens is 233 g/mol. The first kappa shape index (κ1) is 11.3. The van der Waals surface area contributed by atoms with Gasteiger partial charge in [0.2, 0.25) is 0 Å². The van der Waals surface area contributed by atoms with Crippen LogP contribution in [-0.4, -0.2) is 34.3 Å². The van der Waals surface area contributed by atoms with Gasteiger partial charge in [0.1, 0.15) is 18.0 Å². The number of fused-ring (bicyclic) bond motifs is 1. The van der Waals surface area contributed by atoms with E-state index in [4.69, 9.17) is 0 Å². The van der Waals surface area contributed by atoms with Gasteiger partial charge >= 0.3 is 0 Å². The zero-order valence-corrected chi connectivity index (χ0v) is 9.88. The van der Waals surface area contributed by atoms with E-state index >= 15 is 0 Å². The van der Waals surface area contributed by atoms with Gasteiger partial charge in [0.25, 0.3) is 0 Å². The molecule has 1 aromatic carbocycles. The quantitative estimate of drug-likeness (QED) is 0.833. The van der Waals surface area contributed by atoms with Crippen molar-refractivity contribution in [2.75, 3.05) is 18.0 Å². The maximum Gasteiger partial charge on any atom is 0.142 e. The van der Waals surface area contributed by atoms with E-state index < -0.39 is 0 Å². The van der Waals surface area contributed by atoms with E-state index in [2.05, 4.69) is 9.97 Å². The van der Waals surface area contributed by atoms with Crippen molar-refractivity contribution in [3.63, 3.8) is 0 Å². The summed E-state index contributed by atoms with van der Waals surface area (Å²) in [6, 6.07) is 4.85. The van der Waals surface area contributed by atoms with Gasteiger partial charge in [-0.15, -0.1) is 0 Å². The number of hydrogen-bond donors (Lipinski definition) is 1. The van der Waals surface area contributed by atoms with E-state index in [0.29, 0.717) is 42.7 Å². The van der Waals surface area contributed by atoms with Crippen molar-refractivity contribution < 1.29 is 9.50 Å². The maximum absolute atomic E-state index is 13.9. The molecule has 0 bridgehead atoms. The Bertz CT molecular complexity index is 562. The van der Waals surface area contributed by atoms with Crippen molar-refractivity contribution >= 4 is 16.7 Å². The van der Waals surface area contributed by atoms with Crippen molar-refractivity contribution in [2.45, 2.75) is 18.9 Å². The molecule has 1 aromatic heterocycles. The maximum atomic E-state index is 13.9. The molecular formula is C13H14FN3O. The first-order valence-electron chi connectivity index (χ1n) is 6.08. The van der Waals surface area contributed by atoms with Gasteiger partial charge in [-0.05, 0) is 25.0 Å². The molecule has 1 aliphatic rings. The molecule has 4 nitrogen and oxygen atoms in total. The molecule has 0 saturated carbocycles. The third-order valence-electron chi connectivity index (χ3n) is 3.36. The second-order valence-electron chi connectivity index (χ2n) is 4.55. The van der Waals surface area contributed by atoms with Crippen LogP contribution < -0.4 is 4.90 Å². The molecule has 2 aromatic rings. The predicted molar refractivity (Wildman–Crippen MR) is 66.9 cm³/mol. The molecule has 94 valence electrons. The standard InChI is InChI=1S/C13H14FN3O/c14-10-2-1-3-11-12(10)13(16-8-15-11)17-6-4-9(18)5-7-17/h1-3,8-9,18H,4-7H2. The van der Waals surface area contributed by atoms with E-state index in [1.54, 1.807) is 12.1 Å². The van der Waals surface area contributed by atoms with Crippen LogP contribution in [0.2, 0.25) is 0 Å². The van der Waals surface area contributed by atoms with Gasteiger partial charge < -0.3 is 10.0 Å². The Labute approximate surface area is 104 Å². The van der Waals surface area contributed by atoms with Gasteiger partial charge in [-0.3, -0.25) is 0 Å². The average Bonchev–Trinajstić information content (AvgIpc) is 2.39. The summed E-state index contributed by atoms with van der Waals surface area (Å²) < 4.78 is 13.9. The molecule has 0 unspecified atom stereocenters. The summed E-state index contributed by atoms with van der Waals surface area (Å²) in [6.07, 6.45) is 2.60. The van der Waals surface area contributed by atoms with E-state index in [-0.39, 0.29) is 11.9 Å². The predicted octanol–water partition coefficient (Wildman–Crippen LogP) is 1.73. The number of aliphatic hydroxyl groups is 1. The lowest BCUT2D eigenvalue weighted by molar-refractivity contribution is 0.145. The number of aliphatic hydroxyl groups excluding tert-OH is 1. The molecule has 0 amide bonds. The number of benzene rings is 1. The number of hydrogen-bond acceptors (Lipinski definition) is 4. The molecule has 1 saturated heterocycles. The second-order valence-corrected chi connectivity index (χ2v) is 4.55. The Hall–Kier alpha value is -1.75. The molecule has 1 fully saturated rings. The molecule has 1 aliphatic heterocycles. The summed E-state index contributed by atoms with van der Waals surface area (Å²) in [6.45, 7) is 1.39. The molecule has 1 N–H and O–H groups in total. The van der Waals surface area contributed by atoms with Crippen LogP contribution in [-0.2, 0) is 0 Å². The lowest BCUT2D eigenvalue weighted by atomic mass is 10.1. The van der Waals surface area contributed by atoms with Crippen molar-refractivity contribution in [1.82, 2.24) is 9.97 Å². The number of piperidine rings is 1. The Morgan fingerprint density at radius 3 is 2.78 bits per heavy atom. The van der Waals surface area contributed by atoms with Crippen LogP contribution in [0.5, 0.6) is 0 Å². The molecule has 2 heterocycles. The Morgan fingerprint density at radius 1 is 1.22 bits per heavy atom. The summed E-state index contributed by atoms with van der Waals surface area (Å²) >= 11 is 0. The van der Waals surface area contributed by atoms with Crippen LogP contribution in [0.15, 0.2) is 24.5 Å². The highest BCUT2D eigenvalue weighted by molar-refractivity contribution is 5.89. The van der Waals surface area contributed by atoms with Crippen LogP contribution in [0.1, 0.15) is 12.8 Å². The van der Waals surface area contributed by atoms with E-state index in [0.717, 1.165) is 0 Å². The SMILES string of the molecule is OC1CCN(c2ncnc3cccc(F)c23)CC1. The van der Waals surface area contributed by atoms with Gasteiger partial charge in [-0.1, -0.05) is 6.07 Å². The first-order chi connectivity index (χ1) is 8.75. The lowest BCUT2D eigenvalue weighted by Gasteiger charge is -2.31. The van der Waals surface area contributed by atoms with Crippen LogP contribution >= 0.6 is 0 Å². The number of aromatic nitrogens is 2. The largest absolute Gasteiger partial charge is 0.393 e. The molecule has 0 spiro atoms. The second kappa shape index (κ2) is 4.49. The fourth-order valence-corrected chi connectivity index (χ4v) is 2.37. The van der Waals surface area contributed by atoms with Crippen molar-refractivity contribution in [1.29, 1.82) is 0 Å². The van der Waals surface area contributed by atoms with E-state index in [1.807, 2.05) is 4.90 Å². The third kappa shape index (κ3) is 1.90. The molecule has 5 heteroatoms. The number of rotatable bonds is 1. The van der Waals surface area contributed by atoms with Gasteiger partial charge in [0.05, 0.1) is 17.0 Å². The van der Waals surface area contributed by atoms with Crippen LogP contribution in [0.3, 0.4) is 0 Å². The topological polar surface area (TPSA) is 49.2 Å². The number of nitrogens with zero attached hydrogens (tertiary/aromatic N) is 3. The zero-order valence-electron chi connectivity index (χ0n) is 9.88. The van der Waals surface area contributed by atoms with E-state index in [9.17, 15) is 9.50 Å². The lowest BCUT2D eigenvalue weighted by Crippen LogP contribution is -2.36. The molecule has 0 radical (unpaired) electrons. The average molecular weight is 247 g/mol. The molecule has 18 heavy (non-hydrogen) atoms. The summed E-state index contributed by atoms with van der Waals surface area (Å²) in [7, 11) is 0. The Kier molecular flexibility index (Phi) is 2.83. The van der Waals surface area contributed by atoms with Gasteiger partial charge in [-0.2, -0.15) is 0 Å². The Balaban J connectivity index is 2.06. The number of halogens is 1. The van der Waals surface area contributed by atoms with Gasteiger partial charge in [0.15, 0.2) is 0 Å². The van der Waals surface area contributed by atoms with Crippen LogP contribution in [0.25, 0.3) is 10.9 Å². The fraction of sp³-hybridized carbons (Fsp3) is 0.385.